The van der Waals surface area contributed by atoms with Crippen molar-refractivity contribution in [2.24, 2.45) is 0 Å². The van der Waals surface area contributed by atoms with E-state index in [1.807, 2.05) is 19.1 Å². The van der Waals surface area contributed by atoms with Gasteiger partial charge in [-0.2, -0.15) is 0 Å². The van der Waals surface area contributed by atoms with Crippen molar-refractivity contribution in [3.63, 3.8) is 0 Å². The van der Waals surface area contributed by atoms with Gasteiger partial charge in [-0.05, 0) is 49.9 Å². The van der Waals surface area contributed by atoms with Crippen molar-refractivity contribution in [1.29, 1.82) is 0 Å². The van der Waals surface area contributed by atoms with Crippen LogP contribution in [0.2, 0.25) is 0 Å². The van der Waals surface area contributed by atoms with Crippen molar-refractivity contribution in [2.75, 3.05) is 23.7 Å². The number of anilines is 2. The van der Waals surface area contributed by atoms with Crippen molar-refractivity contribution in [1.82, 2.24) is 4.90 Å². The van der Waals surface area contributed by atoms with Gasteiger partial charge in [-0.1, -0.05) is 43.3 Å². The first kappa shape index (κ1) is 19.4. The summed E-state index contributed by atoms with van der Waals surface area (Å²) in [6.07, 6.45) is 2.55. The summed E-state index contributed by atoms with van der Waals surface area (Å²) in [5, 5.41) is 6.73. The van der Waals surface area contributed by atoms with Gasteiger partial charge in [-0.15, -0.1) is 0 Å². The first-order valence-corrected chi connectivity index (χ1v) is 10.0. The zero-order chi connectivity index (χ0) is 19.2. The molecule has 0 radical (unpaired) electrons. The molecule has 0 bridgehead atoms. The number of nitrogens with one attached hydrogen (secondary N) is 2. The molecule has 0 spiro atoms. The minimum absolute atomic E-state index is 0.0847. The Balaban J connectivity index is 1.62. The Hall–Kier alpha value is -2.33. The predicted octanol–water partition coefficient (Wildman–Crippen LogP) is 4.98. The van der Waals surface area contributed by atoms with Crippen LogP contribution in [0, 0.1) is 6.92 Å². The van der Waals surface area contributed by atoms with Crippen molar-refractivity contribution in [3.8, 4) is 0 Å². The summed E-state index contributed by atoms with van der Waals surface area (Å²) in [4.78, 5) is 14.5. The third-order valence-electron chi connectivity index (χ3n) is 5.49. The van der Waals surface area contributed by atoms with Crippen molar-refractivity contribution in [2.45, 2.75) is 52.1 Å². The minimum atomic E-state index is 0.0847. The molecule has 1 heterocycles. The molecule has 2 atom stereocenters. The van der Waals surface area contributed by atoms with Crippen molar-refractivity contribution < 1.29 is 4.79 Å². The summed E-state index contributed by atoms with van der Waals surface area (Å²) in [7, 11) is 0. The Bertz CT molecular complexity index is 759. The van der Waals surface area contributed by atoms with E-state index in [2.05, 4.69) is 65.8 Å². The van der Waals surface area contributed by atoms with E-state index >= 15 is 0 Å². The summed E-state index contributed by atoms with van der Waals surface area (Å²) >= 11 is 0. The van der Waals surface area contributed by atoms with Gasteiger partial charge in [0.15, 0.2) is 0 Å². The number of carbonyl (C=O) groups is 1. The maximum Gasteiger partial charge on any atom is 0.224 e. The maximum atomic E-state index is 11.9. The van der Waals surface area contributed by atoms with Crippen LogP contribution in [0.5, 0.6) is 0 Å². The van der Waals surface area contributed by atoms with E-state index in [9.17, 15) is 4.79 Å². The molecule has 144 valence electrons. The SMILES string of the molecule is CCCC(=O)Nc1cccc(N[C@@H]2CCN([C@@H](C)c3ccccc3)C2)c1C. The number of rotatable bonds is 7. The van der Waals surface area contributed by atoms with Gasteiger partial charge in [-0.3, -0.25) is 9.69 Å². The molecule has 2 aromatic carbocycles. The fourth-order valence-electron chi connectivity index (χ4n) is 3.79. The first-order chi connectivity index (χ1) is 13.1. The number of amides is 1. The molecular formula is C23H31N3O. The fraction of sp³-hybridized carbons (Fsp3) is 0.435. The molecule has 1 aliphatic rings. The lowest BCUT2D eigenvalue weighted by Gasteiger charge is -2.25. The summed E-state index contributed by atoms with van der Waals surface area (Å²) in [5.41, 5.74) is 4.50. The molecule has 2 aromatic rings. The van der Waals surface area contributed by atoms with E-state index in [1.165, 1.54) is 5.56 Å². The van der Waals surface area contributed by atoms with Crippen LogP contribution in [0.3, 0.4) is 0 Å². The van der Waals surface area contributed by atoms with Crippen LogP contribution in [0.25, 0.3) is 0 Å². The Kier molecular flexibility index (Phi) is 6.51. The smallest absolute Gasteiger partial charge is 0.224 e. The zero-order valence-corrected chi connectivity index (χ0v) is 16.7. The maximum absolute atomic E-state index is 11.9. The normalized spacial score (nSPS) is 18.3. The van der Waals surface area contributed by atoms with E-state index in [-0.39, 0.29) is 5.91 Å². The van der Waals surface area contributed by atoms with Crippen LogP contribution in [-0.2, 0) is 4.79 Å². The number of nitrogens with zero attached hydrogens (tertiary/aromatic N) is 1. The molecule has 1 fully saturated rings. The van der Waals surface area contributed by atoms with Crippen molar-refractivity contribution in [3.05, 3.63) is 59.7 Å². The largest absolute Gasteiger partial charge is 0.381 e. The van der Waals surface area contributed by atoms with Gasteiger partial charge in [0.2, 0.25) is 5.91 Å². The van der Waals surface area contributed by atoms with E-state index in [0.717, 1.165) is 42.9 Å². The van der Waals surface area contributed by atoms with Gasteiger partial charge in [0.05, 0.1) is 0 Å². The second-order valence-electron chi connectivity index (χ2n) is 7.49. The third-order valence-corrected chi connectivity index (χ3v) is 5.49. The van der Waals surface area contributed by atoms with Crippen LogP contribution < -0.4 is 10.6 Å². The average Bonchev–Trinajstić information content (AvgIpc) is 3.14. The summed E-state index contributed by atoms with van der Waals surface area (Å²) in [6, 6.07) is 17.7. The highest BCUT2D eigenvalue weighted by Crippen LogP contribution is 2.29. The monoisotopic (exact) mass is 365 g/mol. The number of likely N-dealkylation sites (tertiary alicyclic amines) is 1. The van der Waals surface area contributed by atoms with Gasteiger partial charge in [0.25, 0.3) is 0 Å². The van der Waals surface area contributed by atoms with E-state index < -0.39 is 0 Å². The molecule has 0 aromatic heterocycles. The highest BCUT2D eigenvalue weighted by atomic mass is 16.1. The summed E-state index contributed by atoms with van der Waals surface area (Å²) < 4.78 is 0. The first-order valence-electron chi connectivity index (χ1n) is 10.0. The fourth-order valence-corrected chi connectivity index (χ4v) is 3.79. The second kappa shape index (κ2) is 9.05. The van der Waals surface area contributed by atoms with Gasteiger partial charge in [-0.25, -0.2) is 0 Å². The third kappa shape index (κ3) is 4.89. The number of carbonyl (C=O) groups excluding carboxylic acids is 1. The zero-order valence-electron chi connectivity index (χ0n) is 16.7. The van der Waals surface area contributed by atoms with Crippen molar-refractivity contribution >= 4 is 17.3 Å². The molecule has 27 heavy (non-hydrogen) atoms. The number of hydrogen-bond acceptors (Lipinski definition) is 3. The molecule has 1 amide bonds. The van der Waals surface area contributed by atoms with Gasteiger partial charge < -0.3 is 10.6 Å². The van der Waals surface area contributed by atoms with Gasteiger partial charge in [0.1, 0.15) is 0 Å². The summed E-state index contributed by atoms with van der Waals surface area (Å²) in [5.74, 6) is 0.0847. The predicted molar refractivity (Wildman–Crippen MR) is 113 cm³/mol. The molecule has 0 aliphatic carbocycles. The van der Waals surface area contributed by atoms with Crippen LogP contribution in [0.1, 0.15) is 50.3 Å². The lowest BCUT2D eigenvalue weighted by atomic mass is 10.1. The minimum Gasteiger partial charge on any atom is -0.381 e. The second-order valence-corrected chi connectivity index (χ2v) is 7.49. The van der Waals surface area contributed by atoms with E-state index in [1.54, 1.807) is 0 Å². The van der Waals surface area contributed by atoms with Crippen LogP contribution in [-0.4, -0.2) is 29.9 Å². The number of hydrogen-bond donors (Lipinski definition) is 2. The molecule has 3 rings (SSSR count). The molecule has 2 N–H and O–H groups in total. The standard InChI is InChI=1S/C23H31N3O/c1-4-9-23(27)25-22-13-8-12-21(17(22)2)24-20-14-15-26(16-20)18(3)19-10-6-5-7-11-19/h5-8,10-13,18,20,24H,4,9,14-16H2,1-3H3,(H,25,27)/t18-,20+/m0/s1. The van der Waals surface area contributed by atoms with Crippen LogP contribution >= 0.6 is 0 Å². The van der Waals surface area contributed by atoms with Gasteiger partial charge >= 0.3 is 0 Å². The molecule has 4 heteroatoms. The lowest BCUT2D eigenvalue weighted by molar-refractivity contribution is -0.116. The lowest BCUT2D eigenvalue weighted by Crippen LogP contribution is -2.28. The molecule has 1 saturated heterocycles. The van der Waals surface area contributed by atoms with Gasteiger partial charge in [0, 0.05) is 43.0 Å². The molecule has 0 saturated carbocycles. The Morgan fingerprint density at radius 1 is 1.15 bits per heavy atom. The summed E-state index contributed by atoms with van der Waals surface area (Å²) in [6.45, 7) is 8.50. The Morgan fingerprint density at radius 3 is 2.63 bits per heavy atom. The molecule has 4 nitrogen and oxygen atoms in total. The van der Waals surface area contributed by atoms with Crippen LogP contribution in [0.15, 0.2) is 48.5 Å². The van der Waals surface area contributed by atoms with Crippen LogP contribution in [0.4, 0.5) is 11.4 Å². The van der Waals surface area contributed by atoms with E-state index in [0.29, 0.717) is 18.5 Å². The van der Waals surface area contributed by atoms with E-state index in [4.69, 9.17) is 0 Å². The molecular weight excluding hydrogens is 334 g/mol. The highest BCUT2D eigenvalue weighted by Gasteiger charge is 2.27. The topological polar surface area (TPSA) is 44.4 Å². The molecule has 0 unspecified atom stereocenters. The average molecular weight is 366 g/mol. The number of benzene rings is 2. The quantitative estimate of drug-likeness (QED) is 0.727. The Morgan fingerprint density at radius 2 is 1.89 bits per heavy atom. The Labute approximate surface area is 163 Å². The molecule has 1 aliphatic heterocycles. The highest BCUT2D eigenvalue weighted by molar-refractivity contribution is 5.92.